The van der Waals surface area contributed by atoms with Gasteiger partial charge in [-0.05, 0) is 6.92 Å². The van der Waals surface area contributed by atoms with E-state index in [1.807, 2.05) is 0 Å². The molecule has 1 amide bonds. The van der Waals surface area contributed by atoms with Crippen LogP contribution in [-0.4, -0.2) is 84.9 Å². The van der Waals surface area contributed by atoms with E-state index in [9.17, 15) is 13.2 Å². The molecular weight excluding hydrogens is 382 g/mol. The summed E-state index contributed by atoms with van der Waals surface area (Å²) in [6, 6.07) is 0. The predicted octanol–water partition coefficient (Wildman–Crippen LogP) is 0.0161. The summed E-state index contributed by atoms with van der Waals surface area (Å²) in [6.45, 7) is 6.29. The van der Waals surface area contributed by atoms with E-state index in [1.54, 1.807) is 11.6 Å². The Balaban J connectivity index is 1.46. The van der Waals surface area contributed by atoms with Gasteiger partial charge in [-0.15, -0.1) is 0 Å². The largest absolute Gasteiger partial charge is 0.477 e. The van der Waals surface area contributed by atoms with Crippen molar-refractivity contribution in [1.29, 1.82) is 0 Å². The van der Waals surface area contributed by atoms with E-state index in [1.165, 1.54) is 4.31 Å². The minimum atomic E-state index is -3.12. The second kappa shape index (κ2) is 8.12. The average molecular weight is 406 g/mol. The maximum atomic E-state index is 12.3. The van der Waals surface area contributed by atoms with Crippen LogP contribution in [0, 0.1) is 0 Å². The molecule has 1 saturated heterocycles. The fourth-order valence-corrected chi connectivity index (χ4v) is 4.43. The van der Waals surface area contributed by atoms with Crippen molar-refractivity contribution in [1.82, 2.24) is 24.3 Å². The van der Waals surface area contributed by atoms with Gasteiger partial charge in [0, 0.05) is 52.2 Å². The maximum Gasteiger partial charge on any atom is 0.273 e. The third-order valence-electron chi connectivity index (χ3n) is 4.62. The van der Waals surface area contributed by atoms with Crippen LogP contribution in [0.2, 0.25) is 5.02 Å². The molecule has 1 aromatic rings. The minimum Gasteiger partial charge on any atom is -0.477 e. The van der Waals surface area contributed by atoms with Crippen molar-refractivity contribution < 1.29 is 17.9 Å². The molecule has 2 aliphatic rings. The Bertz CT molecular complexity index is 758. The summed E-state index contributed by atoms with van der Waals surface area (Å²) in [7, 11) is -3.12. The molecule has 0 unspecified atom stereocenters. The highest BCUT2D eigenvalue weighted by atomic mass is 35.5. The first-order valence-electron chi connectivity index (χ1n) is 8.80. The summed E-state index contributed by atoms with van der Waals surface area (Å²) in [4.78, 5) is 14.4. The lowest BCUT2D eigenvalue weighted by molar-refractivity contribution is 0.0939. The SMILES string of the molecule is CCS(=O)(=O)N1CCN(CCNC(=O)c2nn3c(c2Cl)OCCC3)CC1. The Morgan fingerprint density at radius 1 is 1.27 bits per heavy atom. The molecular formula is C15H24ClN5O4S. The van der Waals surface area contributed by atoms with E-state index in [0.29, 0.717) is 58.3 Å². The number of aryl methyl sites for hydroxylation is 1. The number of hydrogen-bond acceptors (Lipinski definition) is 6. The number of nitrogens with zero attached hydrogens (tertiary/aromatic N) is 4. The summed E-state index contributed by atoms with van der Waals surface area (Å²) in [5.41, 5.74) is 0.183. The van der Waals surface area contributed by atoms with E-state index in [0.717, 1.165) is 6.42 Å². The fourth-order valence-electron chi connectivity index (χ4n) is 3.07. The molecule has 1 fully saturated rings. The fraction of sp³-hybridized carbons (Fsp3) is 0.733. The molecule has 0 aromatic carbocycles. The molecule has 1 aromatic heterocycles. The molecule has 26 heavy (non-hydrogen) atoms. The van der Waals surface area contributed by atoms with Crippen LogP contribution in [0.1, 0.15) is 23.8 Å². The molecule has 0 saturated carbocycles. The van der Waals surface area contributed by atoms with E-state index < -0.39 is 10.0 Å². The summed E-state index contributed by atoms with van der Waals surface area (Å²) >= 11 is 6.20. The Morgan fingerprint density at radius 3 is 2.65 bits per heavy atom. The number of ether oxygens (including phenoxy) is 1. The standard InChI is InChI=1S/C15H24ClN5O4S/c1-2-26(23,24)20-9-7-19(8-10-20)6-4-17-14(22)13-12(16)15-21(18-13)5-3-11-25-15/h2-11H2,1H3,(H,17,22). The van der Waals surface area contributed by atoms with Crippen LogP contribution in [0.5, 0.6) is 5.88 Å². The van der Waals surface area contributed by atoms with E-state index in [4.69, 9.17) is 16.3 Å². The van der Waals surface area contributed by atoms with Gasteiger partial charge in [0.25, 0.3) is 5.91 Å². The highest BCUT2D eigenvalue weighted by Gasteiger charge is 2.26. The number of rotatable bonds is 6. The minimum absolute atomic E-state index is 0.127. The Labute approximate surface area is 158 Å². The summed E-state index contributed by atoms with van der Waals surface area (Å²) in [5, 5.41) is 7.29. The number of sulfonamides is 1. The topological polar surface area (TPSA) is 96.8 Å². The first kappa shape index (κ1) is 19.4. The number of fused-ring (bicyclic) bond motifs is 1. The van der Waals surface area contributed by atoms with Crippen molar-refractivity contribution in [3.05, 3.63) is 10.7 Å². The number of halogens is 1. The molecule has 0 atom stereocenters. The zero-order valence-electron chi connectivity index (χ0n) is 14.8. The van der Waals surface area contributed by atoms with Crippen LogP contribution in [0.15, 0.2) is 0 Å². The van der Waals surface area contributed by atoms with E-state index in [2.05, 4.69) is 15.3 Å². The van der Waals surface area contributed by atoms with Crippen molar-refractivity contribution in [2.45, 2.75) is 19.9 Å². The zero-order chi connectivity index (χ0) is 18.7. The molecule has 2 aliphatic heterocycles. The molecule has 3 rings (SSSR count). The second-order valence-corrected chi connectivity index (χ2v) is 8.93. The van der Waals surface area contributed by atoms with Gasteiger partial charge >= 0.3 is 0 Å². The van der Waals surface area contributed by atoms with Crippen LogP contribution in [0.3, 0.4) is 0 Å². The number of amides is 1. The van der Waals surface area contributed by atoms with Gasteiger partial charge in [-0.2, -0.15) is 9.40 Å². The molecule has 1 N–H and O–H groups in total. The van der Waals surface area contributed by atoms with Gasteiger partial charge in [-0.25, -0.2) is 13.1 Å². The van der Waals surface area contributed by atoms with Crippen LogP contribution in [0.25, 0.3) is 0 Å². The number of carbonyl (C=O) groups excluding carboxylic acids is 1. The highest BCUT2D eigenvalue weighted by molar-refractivity contribution is 7.89. The van der Waals surface area contributed by atoms with Crippen LogP contribution in [-0.2, 0) is 16.6 Å². The molecule has 3 heterocycles. The number of aromatic nitrogens is 2. The number of nitrogens with one attached hydrogen (secondary N) is 1. The molecule has 0 bridgehead atoms. The van der Waals surface area contributed by atoms with Gasteiger partial charge < -0.3 is 10.1 Å². The number of carbonyl (C=O) groups is 1. The van der Waals surface area contributed by atoms with Crippen molar-refractivity contribution in [2.24, 2.45) is 0 Å². The Hall–Kier alpha value is -1.36. The molecule has 0 radical (unpaired) electrons. The third kappa shape index (κ3) is 4.13. The molecule has 0 aliphatic carbocycles. The van der Waals surface area contributed by atoms with Crippen molar-refractivity contribution >= 4 is 27.5 Å². The van der Waals surface area contributed by atoms with Gasteiger partial charge in [0.15, 0.2) is 5.69 Å². The first-order chi connectivity index (χ1) is 12.4. The highest BCUT2D eigenvalue weighted by Crippen LogP contribution is 2.30. The lowest BCUT2D eigenvalue weighted by Crippen LogP contribution is -2.50. The third-order valence-corrected chi connectivity index (χ3v) is 6.84. The van der Waals surface area contributed by atoms with Gasteiger partial charge in [-0.3, -0.25) is 9.69 Å². The smallest absolute Gasteiger partial charge is 0.273 e. The van der Waals surface area contributed by atoms with Crippen LogP contribution < -0.4 is 10.1 Å². The maximum absolute atomic E-state index is 12.3. The summed E-state index contributed by atoms with van der Waals surface area (Å²) in [6.07, 6.45) is 0.839. The van der Waals surface area contributed by atoms with Gasteiger partial charge in [-0.1, -0.05) is 11.6 Å². The normalized spacial score (nSPS) is 19.0. The van der Waals surface area contributed by atoms with Gasteiger partial charge in [0.05, 0.1) is 12.4 Å². The predicted molar refractivity (Wildman–Crippen MR) is 97.2 cm³/mol. The van der Waals surface area contributed by atoms with E-state index in [-0.39, 0.29) is 22.4 Å². The van der Waals surface area contributed by atoms with Crippen molar-refractivity contribution in [2.75, 3.05) is 51.6 Å². The van der Waals surface area contributed by atoms with Crippen molar-refractivity contribution in [3.63, 3.8) is 0 Å². The first-order valence-corrected chi connectivity index (χ1v) is 10.8. The van der Waals surface area contributed by atoms with Crippen LogP contribution in [0.4, 0.5) is 0 Å². The second-order valence-electron chi connectivity index (χ2n) is 6.29. The van der Waals surface area contributed by atoms with Gasteiger partial charge in [0.2, 0.25) is 15.9 Å². The lowest BCUT2D eigenvalue weighted by atomic mass is 10.3. The lowest BCUT2D eigenvalue weighted by Gasteiger charge is -2.33. The molecule has 11 heteroatoms. The van der Waals surface area contributed by atoms with E-state index >= 15 is 0 Å². The number of piperazine rings is 1. The van der Waals surface area contributed by atoms with Crippen molar-refractivity contribution in [3.8, 4) is 5.88 Å². The quantitative estimate of drug-likeness (QED) is 0.716. The average Bonchev–Trinajstić information content (AvgIpc) is 2.99. The summed E-state index contributed by atoms with van der Waals surface area (Å²) in [5.74, 6) is 0.256. The number of hydrogen-bond donors (Lipinski definition) is 1. The molecule has 0 spiro atoms. The van der Waals surface area contributed by atoms with Gasteiger partial charge in [0.1, 0.15) is 5.02 Å². The zero-order valence-corrected chi connectivity index (χ0v) is 16.4. The monoisotopic (exact) mass is 405 g/mol. The molecule has 9 nitrogen and oxygen atoms in total. The molecule has 146 valence electrons. The van der Waals surface area contributed by atoms with Crippen LogP contribution >= 0.6 is 11.6 Å². The summed E-state index contributed by atoms with van der Waals surface area (Å²) < 4.78 is 32.3. The Morgan fingerprint density at radius 2 is 2.00 bits per heavy atom. The Kier molecular flexibility index (Phi) is 6.06.